The highest BCUT2D eigenvalue weighted by Gasteiger charge is 2.34. The molecule has 5 rings (SSSR count). The molecule has 0 bridgehead atoms. The number of nitrogens with zero attached hydrogens (tertiary/aromatic N) is 6. The summed E-state index contributed by atoms with van der Waals surface area (Å²) in [7, 11) is 0. The second-order valence-corrected chi connectivity index (χ2v) is 10.6. The molecule has 0 radical (unpaired) electrons. The van der Waals surface area contributed by atoms with E-state index in [9.17, 15) is 9.59 Å². The van der Waals surface area contributed by atoms with Crippen LogP contribution in [0.4, 0.5) is 0 Å². The summed E-state index contributed by atoms with van der Waals surface area (Å²) >= 11 is 0. The first kappa shape index (κ1) is 26.0. The second-order valence-electron chi connectivity index (χ2n) is 10.6. The maximum atomic E-state index is 13.5. The van der Waals surface area contributed by atoms with Crippen LogP contribution in [0.25, 0.3) is 5.70 Å². The van der Waals surface area contributed by atoms with Crippen LogP contribution in [0.1, 0.15) is 61.5 Å². The molecule has 1 fully saturated rings. The van der Waals surface area contributed by atoms with Gasteiger partial charge >= 0.3 is 5.97 Å². The predicted octanol–water partition coefficient (Wildman–Crippen LogP) is 3.45. The van der Waals surface area contributed by atoms with Crippen molar-refractivity contribution in [3.05, 3.63) is 71.1 Å². The smallest absolute Gasteiger partial charge is 0.338 e. The van der Waals surface area contributed by atoms with Gasteiger partial charge in [0.15, 0.2) is 0 Å². The number of allylic oxidation sites excluding steroid dienone is 5. The molecule has 0 N–H and O–H groups in total. The van der Waals surface area contributed by atoms with Gasteiger partial charge in [-0.25, -0.2) is 9.48 Å². The van der Waals surface area contributed by atoms with Gasteiger partial charge in [-0.2, -0.15) is 0 Å². The number of hydrogen-bond acceptors (Lipinski definition) is 7. The van der Waals surface area contributed by atoms with Crippen LogP contribution >= 0.6 is 0 Å². The average molecular weight is 517 g/mol. The number of aromatic nitrogens is 4. The molecule has 1 aromatic heterocycles. The predicted molar refractivity (Wildman–Crippen MR) is 144 cm³/mol. The molecular formula is C29H36N6O3. The number of carbonyl (C=O) groups is 2. The number of amides is 1. The van der Waals surface area contributed by atoms with Crippen LogP contribution in [-0.4, -0.2) is 79.7 Å². The Labute approximate surface area is 223 Å². The number of benzene rings is 1. The van der Waals surface area contributed by atoms with Gasteiger partial charge in [0.1, 0.15) is 12.4 Å². The quantitative estimate of drug-likeness (QED) is 0.521. The monoisotopic (exact) mass is 516 g/mol. The number of hydrogen-bond donors (Lipinski definition) is 0. The second kappa shape index (κ2) is 11.4. The Bertz CT molecular complexity index is 1270. The van der Waals surface area contributed by atoms with Crippen molar-refractivity contribution < 1.29 is 14.3 Å². The summed E-state index contributed by atoms with van der Waals surface area (Å²) in [4.78, 5) is 30.2. The summed E-state index contributed by atoms with van der Waals surface area (Å²) in [6, 6.07) is 6.45. The van der Waals surface area contributed by atoms with E-state index in [1.54, 1.807) is 11.0 Å². The van der Waals surface area contributed by atoms with Gasteiger partial charge in [-0.05, 0) is 66.0 Å². The minimum absolute atomic E-state index is 0.0738. The number of rotatable bonds is 7. The van der Waals surface area contributed by atoms with E-state index < -0.39 is 0 Å². The fourth-order valence-corrected chi connectivity index (χ4v) is 5.80. The van der Waals surface area contributed by atoms with Gasteiger partial charge in [0.25, 0.3) is 0 Å². The minimum atomic E-state index is -0.218. The molecule has 38 heavy (non-hydrogen) atoms. The third-order valence-corrected chi connectivity index (χ3v) is 7.69. The highest BCUT2D eigenvalue weighted by Crippen LogP contribution is 2.25. The first-order valence-corrected chi connectivity index (χ1v) is 13.6. The lowest BCUT2D eigenvalue weighted by molar-refractivity contribution is -0.139. The van der Waals surface area contributed by atoms with Crippen LogP contribution < -0.4 is 0 Å². The number of tetrazole rings is 1. The Balaban J connectivity index is 1.19. The molecule has 3 aliphatic rings. The highest BCUT2D eigenvalue weighted by atomic mass is 16.5. The SMILES string of the molecule is CC[C@H]1CN(CCc2ccc3c(c2)CC(C)OC3=O)C[C@@H](C)N1C(=O)CC1=CC=C(n2cnnn2)CC=C1. The molecule has 3 atom stereocenters. The van der Waals surface area contributed by atoms with E-state index in [1.165, 1.54) is 5.56 Å². The van der Waals surface area contributed by atoms with Crippen LogP contribution in [0.2, 0.25) is 0 Å². The fourth-order valence-electron chi connectivity index (χ4n) is 5.80. The van der Waals surface area contributed by atoms with Gasteiger partial charge in [-0.1, -0.05) is 37.3 Å². The zero-order chi connectivity index (χ0) is 26.6. The van der Waals surface area contributed by atoms with Crippen molar-refractivity contribution in [1.82, 2.24) is 30.0 Å². The molecule has 1 saturated heterocycles. The molecule has 3 heterocycles. The summed E-state index contributed by atoms with van der Waals surface area (Å²) < 4.78 is 7.00. The summed E-state index contributed by atoms with van der Waals surface area (Å²) in [5.74, 6) is -0.0420. The zero-order valence-corrected chi connectivity index (χ0v) is 22.4. The molecule has 0 saturated carbocycles. The highest BCUT2D eigenvalue weighted by molar-refractivity contribution is 5.92. The first-order valence-electron chi connectivity index (χ1n) is 13.6. The third-order valence-electron chi connectivity index (χ3n) is 7.69. The van der Waals surface area contributed by atoms with E-state index in [2.05, 4.69) is 51.3 Å². The van der Waals surface area contributed by atoms with Crippen LogP contribution in [-0.2, 0) is 22.4 Å². The largest absolute Gasteiger partial charge is 0.459 e. The molecule has 2 aromatic rings. The van der Waals surface area contributed by atoms with E-state index in [-0.39, 0.29) is 30.1 Å². The molecule has 1 amide bonds. The van der Waals surface area contributed by atoms with Gasteiger partial charge in [-0.15, -0.1) is 5.10 Å². The lowest BCUT2D eigenvalue weighted by Crippen LogP contribution is -2.59. The van der Waals surface area contributed by atoms with Crippen LogP contribution in [0.3, 0.4) is 0 Å². The third kappa shape index (κ3) is 5.78. The van der Waals surface area contributed by atoms with Gasteiger partial charge in [0.05, 0.1) is 12.0 Å². The maximum Gasteiger partial charge on any atom is 0.338 e. The molecule has 1 unspecified atom stereocenters. The fraction of sp³-hybridized carbons (Fsp3) is 0.483. The van der Waals surface area contributed by atoms with Crippen molar-refractivity contribution in [1.29, 1.82) is 0 Å². The van der Waals surface area contributed by atoms with Crippen molar-refractivity contribution in [2.24, 2.45) is 0 Å². The van der Waals surface area contributed by atoms with Crippen LogP contribution in [0.5, 0.6) is 0 Å². The standard InChI is InChI=1S/C29H36N6O3/c1-4-25-18-33(13-12-23-9-11-27-24(15-23)14-21(3)38-29(27)37)17-20(2)35(25)28(36)16-22-6-5-7-26(10-8-22)34-19-30-31-32-34/h5-6,8-11,15,19-21,25H,4,7,12-14,16-18H2,1-3H3/t20-,21?,25+/m1/s1. The van der Waals surface area contributed by atoms with Crippen molar-refractivity contribution in [2.45, 2.75) is 71.1 Å². The number of fused-ring (bicyclic) bond motifs is 1. The van der Waals surface area contributed by atoms with E-state index in [1.807, 2.05) is 37.3 Å². The molecule has 2 aliphatic heterocycles. The molecular weight excluding hydrogens is 480 g/mol. The normalized spacial score (nSPS) is 23.8. The van der Waals surface area contributed by atoms with E-state index in [0.29, 0.717) is 18.4 Å². The molecule has 1 aromatic carbocycles. The molecule has 9 nitrogen and oxygen atoms in total. The molecule has 1 aliphatic carbocycles. The van der Waals surface area contributed by atoms with Gasteiger partial charge < -0.3 is 9.64 Å². The van der Waals surface area contributed by atoms with Gasteiger partial charge in [0, 0.05) is 50.3 Å². The number of carbonyl (C=O) groups excluding carboxylic acids is 2. The minimum Gasteiger partial charge on any atom is -0.459 e. The average Bonchev–Trinajstić information content (AvgIpc) is 3.33. The maximum absolute atomic E-state index is 13.5. The van der Waals surface area contributed by atoms with Crippen LogP contribution in [0.15, 0.2) is 54.4 Å². The Morgan fingerprint density at radius 1 is 1.18 bits per heavy atom. The van der Waals surface area contributed by atoms with Crippen LogP contribution in [0, 0.1) is 0 Å². The Kier molecular flexibility index (Phi) is 7.83. The molecule has 200 valence electrons. The number of ether oxygens (including phenoxy) is 1. The number of esters is 1. The molecule has 0 spiro atoms. The van der Waals surface area contributed by atoms with Gasteiger partial charge in [0.2, 0.25) is 5.91 Å². The summed E-state index contributed by atoms with van der Waals surface area (Å²) in [5.41, 5.74) is 4.98. The summed E-state index contributed by atoms with van der Waals surface area (Å²) in [6.07, 6.45) is 13.3. The van der Waals surface area contributed by atoms with E-state index >= 15 is 0 Å². The Morgan fingerprint density at radius 3 is 2.84 bits per heavy atom. The lowest BCUT2D eigenvalue weighted by Gasteiger charge is -2.46. The topological polar surface area (TPSA) is 93.5 Å². The lowest BCUT2D eigenvalue weighted by atomic mass is 9.95. The van der Waals surface area contributed by atoms with Crippen molar-refractivity contribution in [2.75, 3.05) is 19.6 Å². The number of piperazine rings is 1. The van der Waals surface area contributed by atoms with E-state index in [4.69, 9.17) is 4.74 Å². The van der Waals surface area contributed by atoms with Crippen molar-refractivity contribution in [3.8, 4) is 0 Å². The van der Waals surface area contributed by atoms with Crippen molar-refractivity contribution >= 4 is 17.6 Å². The molecule has 9 heteroatoms. The number of cyclic esters (lactones) is 1. The summed E-state index contributed by atoms with van der Waals surface area (Å²) in [5, 5.41) is 11.4. The summed E-state index contributed by atoms with van der Waals surface area (Å²) in [6.45, 7) is 8.92. The first-order chi connectivity index (χ1) is 18.4. The zero-order valence-electron chi connectivity index (χ0n) is 22.4. The Hall–Kier alpha value is -3.59. The van der Waals surface area contributed by atoms with E-state index in [0.717, 1.165) is 55.7 Å². The van der Waals surface area contributed by atoms with Crippen molar-refractivity contribution in [3.63, 3.8) is 0 Å². The van der Waals surface area contributed by atoms with Gasteiger partial charge in [-0.3, -0.25) is 9.69 Å². The Morgan fingerprint density at radius 2 is 2.05 bits per heavy atom.